The molecule has 3 N–H and O–H groups in total. The van der Waals surface area contributed by atoms with Gasteiger partial charge in [-0.15, -0.1) is 0 Å². The van der Waals surface area contributed by atoms with E-state index in [1.807, 2.05) is 0 Å². The number of ether oxygens (including phenoxy) is 1. The number of carboxylic acids is 3. The number of aliphatic carboxylic acids is 2. The molecule has 0 aliphatic heterocycles. The van der Waals surface area contributed by atoms with Gasteiger partial charge in [0.1, 0.15) is 5.75 Å². The molecule has 0 aliphatic carbocycles. The second-order valence-corrected chi connectivity index (χ2v) is 3.00. The minimum atomic E-state index is -2.02. The van der Waals surface area contributed by atoms with Gasteiger partial charge in [0, 0.05) is 0 Å². The van der Waals surface area contributed by atoms with Gasteiger partial charge in [-0.05, 0) is 24.3 Å². The number of hydrogen-bond acceptors (Lipinski definition) is 4. The predicted molar refractivity (Wildman–Crippen MR) is 53.1 cm³/mol. The van der Waals surface area contributed by atoms with Crippen LogP contribution in [0.4, 0.5) is 0 Å². The van der Waals surface area contributed by atoms with E-state index in [1.165, 1.54) is 24.3 Å². The molecular weight excluding hydrogens is 232 g/mol. The molecule has 0 bridgehead atoms. The summed E-state index contributed by atoms with van der Waals surface area (Å²) in [6.07, 6.45) is -2.02. The lowest BCUT2D eigenvalue weighted by Gasteiger charge is -2.10. The van der Waals surface area contributed by atoms with Gasteiger partial charge in [-0.2, -0.15) is 0 Å². The Hall–Kier alpha value is -2.57. The van der Waals surface area contributed by atoms with E-state index < -0.39 is 24.0 Å². The normalized spacial score (nSPS) is 9.94. The van der Waals surface area contributed by atoms with E-state index in [4.69, 9.17) is 15.3 Å². The first-order chi connectivity index (χ1) is 7.91. The van der Waals surface area contributed by atoms with Crippen molar-refractivity contribution in [3.63, 3.8) is 0 Å². The van der Waals surface area contributed by atoms with Crippen LogP contribution in [0, 0.1) is 0 Å². The summed E-state index contributed by atoms with van der Waals surface area (Å²) in [6.45, 7) is 0. The van der Waals surface area contributed by atoms with Gasteiger partial charge in [0.25, 0.3) is 6.10 Å². The van der Waals surface area contributed by atoms with Crippen LogP contribution >= 0.6 is 0 Å². The molecule has 0 aromatic heterocycles. The Morgan fingerprint density at radius 3 is 1.76 bits per heavy atom. The molecule has 1 rings (SSSR count). The minimum Gasteiger partial charge on any atom is -0.478 e. The van der Waals surface area contributed by atoms with Crippen molar-refractivity contribution in [2.24, 2.45) is 0 Å². The fraction of sp³-hybridized carbons (Fsp3) is 0.100. The Kier molecular flexibility index (Phi) is 3.66. The number of carboxylic acid groups (broad SMARTS) is 3. The topological polar surface area (TPSA) is 121 Å². The van der Waals surface area contributed by atoms with Crippen LogP contribution in [0.5, 0.6) is 5.75 Å². The van der Waals surface area contributed by atoms with Crippen LogP contribution in [-0.4, -0.2) is 39.3 Å². The van der Waals surface area contributed by atoms with Gasteiger partial charge >= 0.3 is 17.9 Å². The fourth-order valence-corrected chi connectivity index (χ4v) is 1.02. The summed E-state index contributed by atoms with van der Waals surface area (Å²) in [5.41, 5.74) is -0.0143. The second kappa shape index (κ2) is 4.97. The number of hydrogen-bond donors (Lipinski definition) is 3. The molecule has 0 spiro atoms. The summed E-state index contributed by atoms with van der Waals surface area (Å²) in [6, 6.07) is 4.72. The molecule has 0 heterocycles. The average molecular weight is 240 g/mol. The maximum atomic E-state index is 10.5. The molecule has 17 heavy (non-hydrogen) atoms. The van der Waals surface area contributed by atoms with Crippen LogP contribution in [-0.2, 0) is 9.59 Å². The molecular formula is C10H8O7. The summed E-state index contributed by atoms with van der Waals surface area (Å²) >= 11 is 0. The van der Waals surface area contributed by atoms with Crippen molar-refractivity contribution in [1.29, 1.82) is 0 Å². The maximum Gasteiger partial charge on any atom is 0.356 e. The third-order valence-electron chi connectivity index (χ3n) is 1.80. The van der Waals surface area contributed by atoms with Crippen molar-refractivity contribution in [3.05, 3.63) is 29.8 Å². The van der Waals surface area contributed by atoms with Crippen LogP contribution in [0.1, 0.15) is 10.4 Å². The summed E-state index contributed by atoms with van der Waals surface area (Å²) in [7, 11) is 0. The molecule has 0 radical (unpaired) electrons. The molecule has 1 aromatic carbocycles. The second-order valence-electron chi connectivity index (χ2n) is 3.00. The SMILES string of the molecule is O=C(O)c1ccc(OC(C(=O)O)C(=O)O)cc1. The minimum absolute atomic E-state index is 0.0143. The van der Waals surface area contributed by atoms with Crippen molar-refractivity contribution in [2.75, 3.05) is 0 Å². The third-order valence-corrected chi connectivity index (χ3v) is 1.80. The molecule has 7 nitrogen and oxygen atoms in total. The molecule has 0 amide bonds. The third kappa shape index (κ3) is 3.20. The number of benzene rings is 1. The van der Waals surface area contributed by atoms with Gasteiger partial charge in [-0.1, -0.05) is 0 Å². The van der Waals surface area contributed by atoms with Gasteiger partial charge in [0.2, 0.25) is 0 Å². The van der Waals surface area contributed by atoms with Gasteiger partial charge in [-0.3, -0.25) is 0 Å². The first kappa shape index (κ1) is 12.5. The lowest BCUT2D eigenvalue weighted by atomic mass is 10.2. The quantitative estimate of drug-likeness (QED) is 0.632. The highest BCUT2D eigenvalue weighted by Crippen LogP contribution is 2.14. The predicted octanol–water partition coefficient (Wildman–Crippen LogP) is 0.301. The zero-order valence-electron chi connectivity index (χ0n) is 8.36. The van der Waals surface area contributed by atoms with E-state index in [1.54, 1.807) is 0 Å². The monoisotopic (exact) mass is 240 g/mol. The molecule has 0 unspecified atom stereocenters. The molecule has 1 aromatic rings. The van der Waals surface area contributed by atoms with E-state index in [0.717, 1.165) is 0 Å². The van der Waals surface area contributed by atoms with E-state index >= 15 is 0 Å². The summed E-state index contributed by atoms with van der Waals surface area (Å²) in [5, 5.41) is 25.7. The van der Waals surface area contributed by atoms with Gasteiger partial charge in [0.15, 0.2) is 0 Å². The fourth-order valence-electron chi connectivity index (χ4n) is 1.02. The van der Waals surface area contributed by atoms with Gasteiger partial charge in [0.05, 0.1) is 5.56 Å². The van der Waals surface area contributed by atoms with Gasteiger partial charge in [-0.25, -0.2) is 14.4 Å². The highest BCUT2D eigenvalue weighted by molar-refractivity contribution is 5.96. The number of rotatable bonds is 5. The van der Waals surface area contributed by atoms with Crippen LogP contribution < -0.4 is 4.74 Å². The Morgan fingerprint density at radius 1 is 0.941 bits per heavy atom. The molecule has 0 saturated carbocycles. The van der Waals surface area contributed by atoms with Crippen molar-refractivity contribution >= 4 is 17.9 Å². The highest BCUT2D eigenvalue weighted by Gasteiger charge is 2.27. The average Bonchev–Trinajstić information content (AvgIpc) is 2.25. The molecule has 0 saturated heterocycles. The Morgan fingerprint density at radius 2 is 1.41 bits per heavy atom. The van der Waals surface area contributed by atoms with Crippen LogP contribution in [0.2, 0.25) is 0 Å². The Bertz CT molecular complexity index is 434. The molecule has 90 valence electrons. The van der Waals surface area contributed by atoms with Crippen LogP contribution in [0.15, 0.2) is 24.3 Å². The summed E-state index contributed by atoms with van der Waals surface area (Å²) in [4.78, 5) is 31.6. The molecule has 7 heteroatoms. The lowest BCUT2D eigenvalue weighted by molar-refractivity contribution is -0.159. The molecule has 0 atom stereocenters. The van der Waals surface area contributed by atoms with Crippen molar-refractivity contribution < 1.29 is 34.4 Å². The summed E-state index contributed by atoms with van der Waals surface area (Å²) in [5.74, 6) is -4.46. The zero-order chi connectivity index (χ0) is 13.0. The van der Waals surface area contributed by atoms with Crippen LogP contribution in [0.25, 0.3) is 0 Å². The van der Waals surface area contributed by atoms with Crippen LogP contribution in [0.3, 0.4) is 0 Å². The van der Waals surface area contributed by atoms with Crippen molar-refractivity contribution in [2.45, 2.75) is 6.10 Å². The molecule has 0 fully saturated rings. The Balaban J connectivity index is 2.84. The van der Waals surface area contributed by atoms with E-state index in [9.17, 15) is 14.4 Å². The zero-order valence-corrected chi connectivity index (χ0v) is 8.36. The van der Waals surface area contributed by atoms with E-state index in [-0.39, 0.29) is 11.3 Å². The smallest absolute Gasteiger partial charge is 0.356 e. The lowest BCUT2D eigenvalue weighted by Crippen LogP contribution is -2.35. The Labute approximate surface area is 94.9 Å². The first-order valence-electron chi connectivity index (χ1n) is 4.37. The number of carbonyl (C=O) groups is 3. The molecule has 0 aliphatic rings. The summed E-state index contributed by atoms with van der Waals surface area (Å²) < 4.78 is 4.68. The van der Waals surface area contributed by atoms with E-state index in [0.29, 0.717) is 0 Å². The van der Waals surface area contributed by atoms with Crippen molar-refractivity contribution in [3.8, 4) is 5.75 Å². The largest absolute Gasteiger partial charge is 0.478 e. The maximum absolute atomic E-state index is 10.5. The number of aromatic carboxylic acids is 1. The first-order valence-corrected chi connectivity index (χ1v) is 4.37. The standard InChI is InChI=1S/C10H8O7/c11-8(12)5-1-3-6(4-2-5)17-7(9(13)14)10(15)16/h1-4,7H,(H,11,12)(H,13,14)(H,15,16). The highest BCUT2D eigenvalue weighted by atomic mass is 16.5. The van der Waals surface area contributed by atoms with Gasteiger partial charge < -0.3 is 20.1 Å². The van der Waals surface area contributed by atoms with Crippen molar-refractivity contribution in [1.82, 2.24) is 0 Å². The van der Waals surface area contributed by atoms with E-state index in [2.05, 4.69) is 4.74 Å².